The lowest BCUT2D eigenvalue weighted by Gasteiger charge is -2.32. The van der Waals surface area contributed by atoms with Crippen LogP contribution < -0.4 is 10.6 Å². The largest absolute Gasteiger partial charge is 0.356 e. The number of hydrogen-bond acceptors (Lipinski definition) is 4. The maximum Gasteiger partial charge on any atom is 0.265 e. The van der Waals surface area contributed by atoms with Crippen LogP contribution in [0.25, 0.3) is 0 Å². The average Bonchev–Trinajstić information content (AvgIpc) is 3.29. The zero-order valence-electron chi connectivity index (χ0n) is 16.6. The summed E-state index contributed by atoms with van der Waals surface area (Å²) in [5.41, 5.74) is 0.940. The molecule has 3 amide bonds. The first-order valence-electron chi connectivity index (χ1n) is 10.1. The van der Waals surface area contributed by atoms with Crippen molar-refractivity contribution in [3.05, 3.63) is 52.2 Å². The monoisotopic (exact) mass is 413 g/mol. The molecule has 1 aliphatic heterocycles. The second kappa shape index (κ2) is 10.2. The van der Waals surface area contributed by atoms with E-state index in [0.29, 0.717) is 35.8 Å². The van der Waals surface area contributed by atoms with Crippen LogP contribution >= 0.6 is 11.3 Å². The molecule has 7 heteroatoms. The Balaban J connectivity index is 1.68. The van der Waals surface area contributed by atoms with E-state index in [1.807, 2.05) is 11.4 Å². The maximum absolute atomic E-state index is 13.2. The number of carbonyl (C=O) groups excluding carboxylic acids is 3. The highest BCUT2D eigenvalue weighted by atomic mass is 32.1. The Morgan fingerprint density at radius 3 is 2.76 bits per heavy atom. The van der Waals surface area contributed by atoms with Crippen molar-refractivity contribution in [1.29, 1.82) is 0 Å². The lowest BCUT2D eigenvalue weighted by Crippen LogP contribution is -2.45. The Morgan fingerprint density at radius 2 is 2.00 bits per heavy atom. The zero-order chi connectivity index (χ0) is 20.6. The molecule has 2 N–H and O–H groups in total. The van der Waals surface area contributed by atoms with Crippen molar-refractivity contribution in [2.45, 2.75) is 32.6 Å². The number of nitrogens with one attached hydrogen (secondary N) is 2. The molecule has 1 unspecified atom stereocenters. The number of amides is 3. The first-order chi connectivity index (χ1) is 14.1. The Bertz CT molecular complexity index is 851. The lowest BCUT2D eigenvalue weighted by molar-refractivity contribution is -0.126. The summed E-state index contributed by atoms with van der Waals surface area (Å²) < 4.78 is 0. The summed E-state index contributed by atoms with van der Waals surface area (Å²) in [7, 11) is 0. The van der Waals surface area contributed by atoms with E-state index >= 15 is 0 Å². The third-order valence-corrected chi connectivity index (χ3v) is 5.93. The summed E-state index contributed by atoms with van der Waals surface area (Å²) >= 11 is 1.35. The Kier molecular flexibility index (Phi) is 7.41. The number of para-hydroxylation sites is 1. The van der Waals surface area contributed by atoms with Gasteiger partial charge in [0.15, 0.2) is 0 Å². The van der Waals surface area contributed by atoms with Crippen molar-refractivity contribution in [2.75, 3.05) is 25.0 Å². The van der Waals surface area contributed by atoms with Gasteiger partial charge in [0.25, 0.3) is 11.8 Å². The van der Waals surface area contributed by atoms with Crippen LogP contribution in [0.3, 0.4) is 0 Å². The third-order valence-electron chi connectivity index (χ3n) is 5.06. The van der Waals surface area contributed by atoms with E-state index in [0.717, 1.165) is 25.7 Å². The van der Waals surface area contributed by atoms with Gasteiger partial charge in [-0.05, 0) is 42.8 Å². The summed E-state index contributed by atoms with van der Waals surface area (Å²) in [4.78, 5) is 40.3. The topological polar surface area (TPSA) is 78.5 Å². The normalized spacial score (nSPS) is 16.3. The Morgan fingerprint density at radius 1 is 1.17 bits per heavy atom. The molecule has 3 rings (SSSR count). The van der Waals surface area contributed by atoms with Crippen LogP contribution in [0, 0.1) is 5.92 Å². The molecule has 1 atom stereocenters. The van der Waals surface area contributed by atoms with E-state index in [2.05, 4.69) is 17.6 Å². The van der Waals surface area contributed by atoms with E-state index in [4.69, 9.17) is 0 Å². The number of unbranched alkanes of at least 4 members (excludes halogenated alkanes) is 1. The van der Waals surface area contributed by atoms with Crippen LogP contribution in [0.5, 0.6) is 0 Å². The van der Waals surface area contributed by atoms with Crippen LogP contribution in [0.15, 0.2) is 41.8 Å². The lowest BCUT2D eigenvalue weighted by atomic mass is 9.96. The van der Waals surface area contributed by atoms with E-state index in [9.17, 15) is 14.4 Å². The molecule has 0 saturated carbocycles. The Labute approximate surface area is 175 Å². The minimum atomic E-state index is -0.230. The number of rotatable bonds is 7. The third kappa shape index (κ3) is 5.44. The van der Waals surface area contributed by atoms with E-state index in [-0.39, 0.29) is 23.6 Å². The quantitative estimate of drug-likeness (QED) is 0.678. The van der Waals surface area contributed by atoms with Gasteiger partial charge in [0.05, 0.1) is 22.0 Å². The van der Waals surface area contributed by atoms with Crippen molar-refractivity contribution < 1.29 is 14.4 Å². The minimum absolute atomic E-state index is 0.0234. The van der Waals surface area contributed by atoms with Gasteiger partial charge in [-0.25, -0.2) is 0 Å². The van der Waals surface area contributed by atoms with Crippen LogP contribution in [0.2, 0.25) is 0 Å². The number of thiophene rings is 1. The van der Waals surface area contributed by atoms with Gasteiger partial charge < -0.3 is 15.5 Å². The molecule has 2 aromatic rings. The van der Waals surface area contributed by atoms with Crippen LogP contribution in [-0.2, 0) is 4.79 Å². The molecular weight excluding hydrogens is 386 g/mol. The van der Waals surface area contributed by atoms with Gasteiger partial charge in [-0.15, -0.1) is 11.3 Å². The average molecular weight is 414 g/mol. The fourth-order valence-corrected chi connectivity index (χ4v) is 4.07. The number of nitrogens with zero attached hydrogens (tertiary/aromatic N) is 1. The molecular formula is C22H27N3O3S. The smallest absolute Gasteiger partial charge is 0.265 e. The molecule has 1 saturated heterocycles. The highest BCUT2D eigenvalue weighted by molar-refractivity contribution is 7.12. The number of likely N-dealkylation sites (tertiary alicyclic amines) is 1. The van der Waals surface area contributed by atoms with Crippen molar-refractivity contribution in [3.63, 3.8) is 0 Å². The Hall–Kier alpha value is -2.67. The molecule has 1 aromatic heterocycles. The van der Waals surface area contributed by atoms with Gasteiger partial charge >= 0.3 is 0 Å². The fraction of sp³-hybridized carbons (Fsp3) is 0.409. The molecule has 0 spiro atoms. The van der Waals surface area contributed by atoms with Gasteiger partial charge in [0.2, 0.25) is 5.91 Å². The van der Waals surface area contributed by atoms with E-state index < -0.39 is 0 Å². The van der Waals surface area contributed by atoms with Crippen LogP contribution in [-0.4, -0.2) is 42.3 Å². The highest BCUT2D eigenvalue weighted by Gasteiger charge is 2.29. The summed E-state index contributed by atoms with van der Waals surface area (Å²) in [6.45, 7) is 3.79. The second-order valence-corrected chi connectivity index (χ2v) is 8.16. The van der Waals surface area contributed by atoms with Gasteiger partial charge in [-0.3, -0.25) is 14.4 Å². The fourth-order valence-electron chi connectivity index (χ4n) is 3.45. The summed E-state index contributed by atoms with van der Waals surface area (Å²) in [5, 5.41) is 7.66. The molecule has 6 nitrogen and oxygen atoms in total. The van der Waals surface area contributed by atoms with E-state index in [1.54, 1.807) is 35.2 Å². The van der Waals surface area contributed by atoms with Gasteiger partial charge in [0.1, 0.15) is 0 Å². The predicted octanol–water partition coefficient (Wildman–Crippen LogP) is 3.77. The van der Waals surface area contributed by atoms with Crippen LogP contribution in [0.4, 0.5) is 5.69 Å². The van der Waals surface area contributed by atoms with Crippen LogP contribution in [0.1, 0.15) is 52.6 Å². The molecule has 29 heavy (non-hydrogen) atoms. The molecule has 1 fully saturated rings. The van der Waals surface area contributed by atoms with Gasteiger partial charge in [0, 0.05) is 19.6 Å². The molecule has 0 aliphatic carbocycles. The molecule has 1 aromatic carbocycles. The highest BCUT2D eigenvalue weighted by Crippen LogP contribution is 2.23. The molecule has 0 radical (unpaired) electrons. The van der Waals surface area contributed by atoms with Gasteiger partial charge in [-0.1, -0.05) is 31.5 Å². The molecule has 1 aliphatic rings. The maximum atomic E-state index is 13.2. The first-order valence-corrected chi connectivity index (χ1v) is 11.0. The number of piperidine rings is 1. The molecule has 2 heterocycles. The van der Waals surface area contributed by atoms with Crippen molar-refractivity contribution in [1.82, 2.24) is 10.2 Å². The SMILES string of the molecule is CCCCNC(=O)C1CCCN(C(=O)c2ccccc2NC(=O)c2cccs2)C1. The first kappa shape index (κ1) is 21.0. The van der Waals surface area contributed by atoms with E-state index in [1.165, 1.54) is 11.3 Å². The predicted molar refractivity (Wildman–Crippen MR) is 115 cm³/mol. The summed E-state index contributed by atoms with van der Waals surface area (Å²) in [6.07, 6.45) is 3.57. The summed E-state index contributed by atoms with van der Waals surface area (Å²) in [6, 6.07) is 10.6. The summed E-state index contributed by atoms with van der Waals surface area (Å²) in [5.74, 6) is -0.544. The number of hydrogen-bond donors (Lipinski definition) is 2. The molecule has 0 bridgehead atoms. The number of carbonyl (C=O) groups is 3. The van der Waals surface area contributed by atoms with Crippen molar-refractivity contribution in [3.8, 4) is 0 Å². The molecule has 154 valence electrons. The van der Waals surface area contributed by atoms with Gasteiger partial charge in [-0.2, -0.15) is 0 Å². The van der Waals surface area contributed by atoms with Crippen molar-refractivity contribution in [2.24, 2.45) is 5.92 Å². The second-order valence-electron chi connectivity index (χ2n) is 7.21. The zero-order valence-corrected chi connectivity index (χ0v) is 17.5. The minimum Gasteiger partial charge on any atom is -0.356 e. The standard InChI is InChI=1S/C22H27N3O3S/c1-2-3-12-23-20(26)16-8-6-13-25(15-16)22(28)17-9-4-5-10-18(17)24-21(27)19-11-7-14-29-19/h4-5,7,9-11,14,16H,2-3,6,8,12-13,15H2,1H3,(H,23,26)(H,24,27). The van der Waals surface area contributed by atoms with Crippen molar-refractivity contribution >= 4 is 34.7 Å². The number of anilines is 1. The number of benzene rings is 1.